The number of carbonyl (C=O) groups excluding carboxylic acids is 1. The van der Waals surface area contributed by atoms with Crippen LogP contribution in [0.1, 0.15) is 11.4 Å². The van der Waals surface area contributed by atoms with E-state index in [1.807, 2.05) is 0 Å². The Bertz CT molecular complexity index is 456. The lowest BCUT2D eigenvalue weighted by Crippen LogP contribution is -2.22. The van der Waals surface area contributed by atoms with Crippen molar-refractivity contribution in [2.24, 2.45) is 0 Å². The lowest BCUT2D eigenvalue weighted by atomic mass is 10.4. The van der Waals surface area contributed by atoms with Crippen LogP contribution < -0.4 is 0 Å². The third kappa shape index (κ3) is 1.18. The largest absolute Gasteiger partial charge is 0.372 e. The summed E-state index contributed by atoms with van der Waals surface area (Å²) in [6.45, 7) is 3.55. The number of aryl methyl sites for hydroxylation is 1. The molecule has 0 fully saturated rings. The van der Waals surface area contributed by atoms with E-state index in [0.717, 1.165) is 10.4 Å². The molecule has 0 aliphatic rings. The first-order chi connectivity index (χ1) is 6.70. The second-order valence-corrected chi connectivity index (χ2v) is 2.80. The zero-order valence-corrected chi connectivity index (χ0v) is 7.75. The monoisotopic (exact) mass is 192 g/mol. The van der Waals surface area contributed by atoms with Crippen molar-refractivity contribution in [2.45, 2.75) is 13.8 Å². The van der Waals surface area contributed by atoms with Crippen LogP contribution in [-0.2, 0) is 0 Å². The molecule has 2 aromatic heterocycles. The van der Waals surface area contributed by atoms with Crippen molar-refractivity contribution in [1.29, 1.82) is 0 Å². The molecular weight excluding hydrogens is 184 g/mol. The van der Waals surface area contributed by atoms with Crippen LogP contribution in [0.25, 0.3) is 0 Å². The third-order valence-electron chi connectivity index (χ3n) is 1.93. The van der Waals surface area contributed by atoms with Crippen LogP contribution in [0.3, 0.4) is 0 Å². The summed E-state index contributed by atoms with van der Waals surface area (Å²) in [7, 11) is 0. The van der Waals surface area contributed by atoms with Gasteiger partial charge in [0.05, 0.1) is 23.8 Å². The molecule has 0 aromatic carbocycles. The Morgan fingerprint density at radius 3 is 2.64 bits per heavy atom. The summed E-state index contributed by atoms with van der Waals surface area (Å²) >= 11 is 0. The molecule has 0 aliphatic heterocycles. The molecule has 0 radical (unpaired) electrons. The standard InChI is InChI=1S/C7H8N6O/c1-5-6(2)13(11-9-5)7(14)12-4-3-8-10-12/h3-4H,1-2H3. The lowest BCUT2D eigenvalue weighted by Gasteiger charge is -1.99. The summed E-state index contributed by atoms with van der Waals surface area (Å²) in [6.07, 6.45) is 2.88. The maximum Gasteiger partial charge on any atom is 0.372 e. The molecule has 14 heavy (non-hydrogen) atoms. The van der Waals surface area contributed by atoms with E-state index < -0.39 is 0 Å². The number of nitrogens with zero attached hydrogens (tertiary/aromatic N) is 6. The van der Waals surface area contributed by atoms with Crippen molar-refractivity contribution >= 4 is 6.03 Å². The van der Waals surface area contributed by atoms with Crippen molar-refractivity contribution in [1.82, 2.24) is 30.0 Å². The molecule has 0 amide bonds. The van der Waals surface area contributed by atoms with Crippen LogP contribution >= 0.6 is 0 Å². The summed E-state index contributed by atoms with van der Waals surface area (Å²) in [5, 5.41) is 14.6. The SMILES string of the molecule is Cc1nnn(C(=O)n2ccnn2)c1C. The van der Waals surface area contributed by atoms with Crippen LogP contribution in [0.15, 0.2) is 12.4 Å². The summed E-state index contributed by atoms with van der Waals surface area (Å²) < 4.78 is 2.28. The van der Waals surface area contributed by atoms with E-state index in [1.54, 1.807) is 13.8 Å². The highest BCUT2D eigenvalue weighted by Gasteiger charge is 2.13. The smallest absolute Gasteiger partial charge is 0.243 e. The molecule has 0 N–H and O–H groups in total. The fourth-order valence-corrected chi connectivity index (χ4v) is 0.994. The van der Waals surface area contributed by atoms with E-state index in [0.29, 0.717) is 5.69 Å². The molecule has 0 unspecified atom stereocenters. The van der Waals surface area contributed by atoms with Gasteiger partial charge in [0, 0.05) is 0 Å². The van der Waals surface area contributed by atoms with Crippen molar-refractivity contribution in [3.05, 3.63) is 23.8 Å². The van der Waals surface area contributed by atoms with Crippen LogP contribution in [0.4, 0.5) is 4.79 Å². The van der Waals surface area contributed by atoms with E-state index in [4.69, 9.17) is 0 Å². The average Bonchev–Trinajstić information content (AvgIpc) is 2.77. The van der Waals surface area contributed by atoms with Crippen LogP contribution in [0.2, 0.25) is 0 Å². The Kier molecular flexibility index (Phi) is 1.84. The van der Waals surface area contributed by atoms with E-state index in [-0.39, 0.29) is 6.03 Å². The van der Waals surface area contributed by atoms with Gasteiger partial charge in [0.1, 0.15) is 0 Å². The van der Waals surface area contributed by atoms with Crippen LogP contribution in [0, 0.1) is 13.8 Å². The van der Waals surface area contributed by atoms with E-state index >= 15 is 0 Å². The van der Waals surface area contributed by atoms with Gasteiger partial charge < -0.3 is 0 Å². The fourth-order valence-electron chi connectivity index (χ4n) is 0.994. The number of aromatic nitrogens is 6. The Balaban J connectivity index is 2.42. The number of hydrogen-bond donors (Lipinski definition) is 0. The summed E-state index contributed by atoms with van der Waals surface area (Å²) in [6, 6.07) is -0.388. The summed E-state index contributed by atoms with van der Waals surface area (Å²) in [4.78, 5) is 11.7. The Morgan fingerprint density at radius 2 is 2.14 bits per heavy atom. The predicted molar refractivity (Wildman–Crippen MR) is 45.7 cm³/mol. The molecular formula is C7H8N6O. The second-order valence-electron chi connectivity index (χ2n) is 2.80. The van der Waals surface area contributed by atoms with Gasteiger partial charge in [0.2, 0.25) is 0 Å². The number of rotatable bonds is 0. The van der Waals surface area contributed by atoms with E-state index in [9.17, 15) is 4.79 Å². The zero-order chi connectivity index (χ0) is 10.1. The molecule has 0 saturated heterocycles. The molecule has 2 aromatic rings. The average molecular weight is 192 g/mol. The number of carbonyl (C=O) groups is 1. The molecule has 0 saturated carbocycles. The summed E-state index contributed by atoms with van der Waals surface area (Å²) in [5.74, 6) is 0. The fraction of sp³-hybridized carbons (Fsp3) is 0.286. The third-order valence-corrected chi connectivity index (χ3v) is 1.93. The highest BCUT2D eigenvalue weighted by atomic mass is 16.2. The number of hydrogen-bond acceptors (Lipinski definition) is 5. The molecule has 72 valence electrons. The molecule has 7 nitrogen and oxygen atoms in total. The zero-order valence-electron chi connectivity index (χ0n) is 7.75. The highest BCUT2D eigenvalue weighted by molar-refractivity contribution is 5.77. The minimum atomic E-state index is -0.388. The summed E-state index contributed by atoms with van der Waals surface area (Å²) in [5.41, 5.74) is 1.42. The van der Waals surface area contributed by atoms with Gasteiger partial charge in [-0.25, -0.2) is 4.79 Å². The normalized spacial score (nSPS) is 10.4. The van der Waals surface area contributed by atoms with Gasteiger partial charge in [-0.1, -0.05) is 10.4 Å². The molecule has 0 spiro atoms. The minimum Gasteiger partial charge on any atom is -0.243 e. The molecule has 7 heteroatoms. The van der Waals surface area contributed by atoms with Gasteiger partial charge in [0.15, 0.2) is 0 Å². The minimum absolute atomic E-state index is 0.388. The predicted octanol–water partition coefficient (Wildman–Crippen LogP) is 0.00284. The first-order valence-corrected chi connectivity index (χ1v) is 4.00. The lowest BCUT2D eigenvalue weighted by molar-refractivity contribution is 0.236. The maximum absolute atomic E-state index is 11.7. The van der Waals surface area contributed by atoms with Gasteiger partial charge in [0.25, 0.3) is 0 Å². The molecule has 2 rings (SSSR count). The van der Waals surface area contributed by atoms with Gasteiger partial charge in [-0.15, -0.1) is 10.2 Å². The first kappa shape index (κ1) is 8.54. The van der Waals surface area contributed by atoms with Crippen molar-refractivity contribution in [2.75, 3.05) is 0 Å². The van der Waals surface area contributed by atoms with Gasteiger partial charge in [-0.05, 0) is 13.8 Å². The Hall–Kier alpha value is -2.05. The quantitative estimate of drug-likeness (QED) is 0.587. The Morgan fingerprint density at radius 1 is 1.36 bits per heavy atom. The van der Waals surface area contributed by atoms with Crippen LogP contribution in [-0.4, -0.2) is 36.0 Å². The van der Waals surface area contributed by atoms with Gasteiger partial charge >= 0.3 is 6.03 Å². The van der Waals surface area contributed by atoms with Crippen molar-refractivity contribution in [3.8, 4) is 0 Å². The van der Waals surface area contributed by atoms with E-state index in [2.05, 4.69) is 20.6 Å². The maximum atomic E-state index is 11.7. The molecule has 0 atom stereocenters. The van der Waals surface area contributed by atoms with Crippen molar-refractivity contribution < 1.29 is 4.79 Å². The molecule has 0 aliphatic carbocycles. The highest BCUT2D eigenvalue weighted by Crippen LogP contribution is 2.01. The topological polar surface area (TPSA) is 78.5 Å². The van der Waals surface area contributed by atoms with Gasteiger partial charge in [-0.3, -0.25) is 0 Å². The first-order valence-electron chi connectivity index (χ1n) is 4.00. The Labute approximate surface area is 79.3 Å². The van der Waals surface area contributed by atoms with Gasteiger partial charge in [-0.2, -0.15) is 9.36 Å². The molecule has 0 bridgehead atoms. The molecule has 2 heterocycles. The van der Waals surface area contributed by atoms with Crippen LogP contribution in [0.5, 0.6) is 0 Å². The second kappa shape index (κ2) is 3.02. The van der Waals surface area contributed by atoms with E-state index in [1.165, 1.54) is 17.1 Å². The van der Waals surface area contributed by atoms with Crippen molar-refractivity contribution in [3.63, 3.8) is 0 Å².